The molecule has 0 spiro atoms. The fourth-order valence-corrected chi connectivity index (χ4v) is 3.23. The van der Waals surface area contributed by atoms with Gasteiger partial charge in [-0.25, -0.2) is 0 Å². The number of hydrogen-bond donors (Lipinski definition) is 5. The van der Waals surface area contributed by atoms with E-state index >= 15 is 0 Å². The Morgan fingerprint density at radius 2 is 1.76 bits per heavy atom. The zero-order chi connectivity index (χ0) is 17.7. The van der Waals surface area contributed by atoms with Crippen LogP contribution in [0.25, 0.3) is 27.5 Å². The molecular formula is C16H15B2N3O4. The molecule has 124 valence electrons. The van der Waals surface area contributed by atoms with Crippen molar-refractivity contribution in [3.63, 3.8) is 0 Å². The summed E-state index contributed by atoms with van der Waals surface area (Å²) in [7, 11) is -3.28. The van der Waals surface area contributed by atoms with E-state index in [4.69, 9.17) is 0 Å². The SMILES string of the molecule is Cc1[nH]nc2c(B(O)O)cc(-n3ccc4cccc(B(O)O)c43)cc12. The molecule has 7 nitrogen and oxygen atoms in total. The molecule has 0 fully saturated rings. The zero-order valence-electron chi connectivity index (χ0n) is 13.4. The van der Waals surface area contributed by atoms with Crippen molar-refractivity contribution in [2.24, 2.45) is 0 Å². The van der Waals surface area contributed by atoms with Crippen LogP contribution < -0.4 is 10.9 Å². The molecule has 0 bridgehead atoms. The molecule has 4 aromatic rings. The average Bonchev–Trinajstić information content (AvgIpc) is 3.17. The van der Waals surface area contributed by atoms with E-state index < -0.39 is 14.2 Å². The quantitative estimate of drug-likeness (QED) is 0.314. The van der Waals surface area contributed by atoms with E-state index in [2.05, 4.69) is 10.2 Å². The fourth-order valence-electron chi connectivity index (χ4n) is 3.23. The van der Waals surface area contributed by atoms with Gasteiger partial charge < -0.3 is 24.7 Å². The Morgan fingerprint density at radius 1 is 1.00 bits per heavy atom. The van der Waals surface area contributed by atoms with Gasteiger partial charge in [0.05, 0.1) is 11.0 Å². The van der Waals surface area contributed by atoms with E-state index in [0.717, 1.165) is 16.5 Å². The first-order chi connectivity index (χ1) is 12.0. The van der Waals surface area contributed by atoms with Gasteiger partial charge in [0.25, 0.3) is 0 Å². The van der Waals surface area contributed by atoms with Crippen molar-refractivity contribution in [3.05, 3.63) is 48.3 Å². The Morgan fingerprint density at radius 3 is 2.48 bits per heavy atom. The van der Waals surface area contributed by atoms with Crippen molar-refractivity contribution in [2.75, 3.05) is 0 Å². The highest BCUT2D eigenvalue weighted by molar-refractivity contribution is 6.62. The van der Waals surface area contributed by atoms with Crippen molar-refractivity contribution >= 4 is 47.0 Å². The van der Waals surface area contributed by atoms with Gasteiger partial charge in [-0.2, -0.15) is 5.10 Å². The van der Waals surface area contributed by atoms with Crippen LogP contribution >= 0.6 is 0 Å². The normalized spacial score (nSPS) is 11.4. The van der Waals surface area contributed by atoms with Crippen LogP contribution in [0.5, 0.6) is 0 Å². The maximum Gasteiger partial charge on any atom is 0.490 e. The summed E-state index contributed by atoms with van der Waals surface area (Å²) in [5.74, 6) is 0. The standard InChI is InChI=1S/C16H15B2N3O4/c1-9-12-7-11(8-14(18(24)25)15(12)20-19-9)21-6-5-10-3-2-4-13(16(10)21)17(22)23/h2-8,22-25H,1H3,(H,19,20). The Balaban J connectivity index is 2.05. The molecule has 2 heterocycles. The molecule has 0 unspecified atom stereocenters. The fraction of sp³-hybridized carbons (Fsp3) is 0.0625. The predicted molar refractivity (Wildman–Crippen MR) is 97.3 cm³/mol. The molecule has 25 heavy (non-hydrogen) atoms. The van der Waals surface area contributed by atoms with E-state index in [1.54, 1.807) is 29.0 Å². The molecule has 4 rings (SSSR count). The lowest BCUT2D eigenvalue weighted by atomic mass is 9.78. The van der Waals surface area contributed by atoms with Crippen LogP contribution in [-0.2, 0) is 0 Å². The molecule has 0 aliphatic heterocycles. The van der Waals surface area contributed by atoms with Crippen molar-refractivity contribution in [1.82, 2.24) is 14.8 Å². The van der Waals surface area contributed by atoms with E-state index in [-0.39, 0.29) is 5.46 Å². The van der Waals surface area contributed by atoms with Gasteiger partial charge in [-0.05, 0) is 30.5 Å². The topological polar surface area (TPSA) is 115 Å². The molecular weight excluding hydrogens is 320 g/mol. The number of nitrogens with zero attached hydrogens (tertiary/aromatic N) is 2. The molecule has 0 atom stereocenters. The molecule has 5 N–H and O–H groups in total. The van der Waals surface area contributed by atoms with Crippen LogP contribution in [0, 0.1) is 6.92 Å². The number of aromatic nitrogens is 3. The lowest BCUT2D eigenvalue weighted by Gasteiger charge is -2.12. The number of rotatable bonds is 3. The predicted octanol–water partition coefficient (Wildman–Crippen LogP) is -0.825. The number of H-pyrrole nitrogens is 1. The van der Waals surface area contributed by atoms with Gasteiger partial charge in [-0.3, -0.25) is 5.10 Å². The van der Waals surface area contributed by atoms with Crippen molar-refractivity contribution in [1.29, 1.82) is 0 Å². The number of nitrogens with one attached hydrogen (secondary N) is 1. The summed E-state index contributed by atoms with van der Waals surface area (Å²) < 4.78 is 1.79. The largest absolute Gasteiger partial charge is 0.490 e. The Bertz CT molecular complexity index is 1090. The lowest BCUT2D eigenvalue weighted by molar-refractivity contribution is 0.424. The van der Waals surface area contributed by atoms with Gasteiger partial charge in [0.2, 0.25) is 0 Å². The maximum absolute atomic E-state index is 9.72. The minimum atomic E-state index is -1.67. The van der Waals surface area contributed by atoms with Gasteiger partial charge in [0.1, 0.15) is 0 Å². The number of aromatic amines is 1. The zero-order valence-corrected chi connectivity index (χ0v) is 13.4. The molecule has 0 amide bonds. The first kappa shape index (κ1) is 15.9. The molecule has 9 heteroatoms. The number of para-hydroxylation sites is 1. The van der Waals surface area contributed by atoms with E-state index in [1.165, 1.54) is 0 Å². The van der Waals surface area contributed by atoms with Gasteiger partial charge in [0, 0.05) is 33.9 Å². The second-order valence-corrected chi connectivity index (χ2v) is 6.00. The second kappa shape index (κ2) is 5.75. The highest BCUT2D eigenvalue weighted by Crippen LogP contribution is 2.23. The summed E-state index contributed by atoms with van der Waals surface area (Å²) in [5.41, 5.74) is 3.27. The number of hydrogen-bond acceptors (Lipinski definition) is 5. The minimum Gasteiger partial charge on any atom is -0.423 e. The summed E-state index contributed by atoms with van der Waals surface area (Å²) in [6, 6.07) is 10.7. The van der Waals surface area contributed by atoms with Crippen LogP contribution in [0.1, 0.15) is 5.69 Å². The van der Waals surface area contributed by atoms with Gasteiger partial charge >= 0.3 is 14.2 Å². The molecule has 2 aromatic carbocycles. The monoisotopic (exact) mass is 335 g/mol. The Labute approximate surface area is 143 Å². The first-order valence-electron chi connectivity index (χ1n) is 7.78. The van der Waals surface area contributed by atoms with E-state index in [0.29, 0.717) is 22.2 Å². The lowest BCUT2D eigenvalue weighted by Crippen LogP contribution is -2.32. The number of benzene rings is 2. The second-order valence-electron chi connectivity index (χ2n) is 6.00. The molecule has 0 radical (unpaired) electrons. The van der Waals surface area contributed by atoms with E-state index in [1.807, 2.05) is 25.1 Å². The van der Waals surface area contributed by atoms with Crippen LogP contribution in [0.4, 0.5) is 0 Å². The highest BCUT2D eigenvalue weighted by Gasteiger charge is 2.22. The van der Waals surface area contributed by atoms with Crippen LogP contribution in [0.15, 0.2) is 42.6 Å². The molecule has 0 aliphatic rings. The van der Waals surface area contributed by atoms with Crippen molar-refractivity contribution in [3.8, 4) is 5.69 Å². The first-order valence-corrected chi connectivity index (χ1v) is 7.78. The van der Waals surface area contributed by atoms with Crippen LogP contribution in [0.2, 0.25) is 0 Å². The third-order valence-electron chi connectivity index (χ3n) is 4.44. The smallest absolute Gasteiger partial charge is 0.423 e. The Hall–Kier alpha value is -2.58. The van der Waals surface area contributed by atoms with Crippen LogP contribution in [0.3, 0.4) is 0 Å². The minimum absolute atomic E-state index is 0.278. The number of fused-ring (bicyclic) bond motifs is 2. The maximum atomic E-state index is 9.72. The molecule has 0 aliphatic carbocycles. The van der Waals surface area contributed by atoms with Crippen molar-refractivity contribution in [2.45, 2.75) is 6.92 Å². The molecule has 2 aromatic heterocycles. The average molecular weight is 335 g/mol. The highest BCUT2D eigenvalue weighted by atomic mass is 16.4. The number of aryl methyl sites for hydroxylation is 1. The van der Waals surface area contributed by atoms with Gasteiger partial charge in [-0.1, -0.05) is 18.2 Å². The summed E-state index contributed by atoms with van der Waals surface area (Å²) in [6.07, 6.45) is 1.81. The van der Waals surface area contributed by atoms with Gasteiger partial charge in [0.15, 0.2) is 0 Å². The third-order valence-corrected chi connectivity index (χ3v) is 4.44. The third kappa shape index (κ3) is 2.45. The summed E-state index contributed by atoms with van der Waals surface area (Å²) >= 11 is 0. The van der Waals surface area contributed by atoms with E-state index in [9.17, 15) is 20.1 Å². The van der Waals surface area contributed by atoms with Gasteiger partial charge in [-0.15, -0.1) is 0 Å². The van der Waals surface area contributed by atoms with Crippen LogP contribution in [-0.4, -0.2) is 49.1 Å². The molecule has 0 saturated heterocycles. The summed E-state index contributed by atoms with van der Waals surface area (Å²) in [4.78, 5) is 0. The summed E-state index contributed by atoms with van der Waals surface area (Å²) in [5, 5.41) is 47.4. The molecule has 0 saturated carbocycles. The summed E-state index contributed by atoms with van der Waals surface area (Å²) in [6.45, 7) is 1.85. The van der Waals surface area contributed by atoms with Crippen molar-refractivity contribution < 1.29 is 20.1 Å². The Kier molecular flexibility index (Phi) is 3.66.